The van der Waals surface area contributed by atoms with Crippen molar-refractivity contribution in [2.45, 2.75) is 0 Å². The maximum atomic E-state index is 5.33. The molecule has 2 aliphatic heterocycles. The molecule has 0 saturated heterocycles. The van der Waals surface area contributed by atoms with Crippen molar-refractivity contribution < 1.29 is 0 Å². The molecule has 9 heterocycles. The number of nitrogens with one attached hydrogen (secondary N) is 2. The van der Waals surface area contributed by atoms with Gasteiger partial charge in [-0.2, -0.15) is 0 Å². The number of fused-ring (bicyclic) bond motifs is 24. The average molecular weight is 719 g/mol. The van der Waals surface area contributed by atoms with Gasteiger partial charge in [0.1, 0.15) is 0 Å². The molecule has 4 aromatic carbocycles. The van der Waals surface area contributed by atoms with Gasteiger partial charge in [-0.05, 0) is 72.8 Å². The zero-order chi connectivity index (χ0) is 36.5. The molecule has 13 rings (SSSR count). The highest BCUT2D eigenvalue weighted by molar-refractivity contribution is 6.14. The topological polar surface area (TPSA) is 160 Å². The maximum absolute atomic E-state index is 5.33. The SMILES string of the molecule is c1cnc2cc3c(cc2n1)-c1cc2[nH]c(cc4nc(cc5[nH]c(cc-3n1)c1cc3nccnc3cc51)-c1cc3nccnc3cc1-4)c1cc3nccnc3cc21. The Balaban J connectivity index is 1.24. The number of aromatic nitrogens is 12. The highest BCUT2D eigenvalue weighted by Crippen LogP contribution is 2.42. The largest absolute Gasteiger partial charge is 0.354 e. The second-order valence-corrected chi connectivity index (χ2v) is 14.0. The molecule has 7 aromatic heterocycles. The van der Waals surface area contributed by atoms with Crippen molar-refractivity contribution in [2.75, 3.05) is 0 Å². The van der Waals surface area contributed by atoms with E-state index in [1.165, 1.54) is 0 Å². The molecule has 0 amide bonds. The summed E-state index contributed by atoms with van der Waals surface area (Å²) in [5, 5.41) is 3.95. The molecular formula is C44H22N12. The van der Waals surface area contributed by atoms with Gasteiger partial charge in [-0.15, -0.1) is 0 Å². The molecule has 12 nitrogen and oxygen atoms in total. The summed E-state index contributed by atoms with van der Waals surface area (Å²) in [6.07, 6.45) is 13.7. The minimum Gasteiger partial charge on any atom is -0.354 e. The van der Waals surface area contributed by atoms with E-state index in [1.807, 2.05) is 0 Å². The van der Waals surface area contributed by atoms with Gasteiger partial charge < -0.3 is 9.97 Å². The fraction of sp³-hybridized carbons (Fsp3) is 0. The highest BCUT2D eigenvalue weighted by atomic mass is 14.8. The first-order valence-electron chi connectivity index (χ1n) is 18.0. The van der Waals surface area contributed by atoms with Crippen LogP contribution in [-0.4, -0.2) is 59.8 Å². The van der Waals surface area contributed by atoms with E-state index in [4.69, 9.17) is 9.97 Å². The molecular weight excluding hydrogens is 697 g/mol. The Labute approximate surface area is 314 Å². The standard InChI is InChI=1S/C44H22N12/c1-2-46-38-10-22-21(9-37(38)45-1)29-17-31-23-11-39-40(48-4-3-47-39)12-24(23)33(54-31)19-35-27-15-43-44(52-8-7-51-43)16-28(27)36(56-35)20-34-26-14-42-41(49-5-6-50-42)13-25(26)32(55-34)18-30(22)53-29/h1-20,53,56H. The van der Waals surface area contributed by atoms with Gasteiger partial charge in [-0.3, -0.25) is 39.9 Å². The van der Waals surface area contributed by atoms with Crippen LogP contribution in [-0.2, 0) is 0 Å². The number of nitrogens with zero attached hydrogens (tertiary/aromatic N) is 10. The van der Waals surface area contributed by atoms with E-state index >= 15 is 0 Å². The summed E-state index contributed by atoms with van der Waals surface area (Å²) in [5.41, 5.74) is 16.9. The molecule has 0 atom stereocenters. The zero-order valence-electron chi connectivity index (χ0n) is 29.0. The fourth-order valence-corrected chi connectivity index (χ4v) is 8.28. The van der Waals surface area contributed by atoms with Crippen molar-refractivity contribution in [3.05, 3.63) is 122 Å². The molecule has 0 unspecified atom stereocenters. The van der Waals surface area contributed by atoms with E-state index in [-0.39, 0.29) is 0 Å². The van der Waals surface area contributed by atoms with Crippen LogP contribution < -0.4 is 0 Å². The predicted octanol–water partition coefficient (Wildman–Crippen LogP) is 9.06. The first kappa shape index (κ1) is 29.3. The third-order valence-corrected chi connectivity index (χ3v) is 10.8. The summed E-state index contributed by atoms with van der Waals surface area (Å²) in [4.78, 5) is 55.3. The lowest BCUT2D eigenvalue weighted by Crippen LogP contribution is -1.85. The second-order valence-electron chi connectivity index (χ2n) is 14.0. The quantitative estimate of drug-likeness (QED) is 0.155. The number of benzene rings is 4. The summed E-state index contributed by atoms with van der Waals surface area (Å²) < 4.78 is 0. The van der Waals surface area contributed by atoms with Crippen LogP contribution >= 0.6 is 0 Å². The molecule has 8 bridgehead atoms. The molecule has 11 aromatic rings. The molecule has 2 aliphatic rings. The van der Waals surface area contributed by atoms with Gasteiger partial charge in [0, 0.05) is 115 Å². The van der Waals surface area contributed by atoms with Crippen LogP contribution in [0.3, 0.4) is 0 Å². The average Bonchev–Trinajstić information content (AvgIpc) is 3.95. The van der Waals surface area contributed by atoms with Crippen molar-refractivity contribution in [1.29, 1.82) is 0 Å². The lowest BCUT2D eigenvalue weighted by atomic mass is 10.0. The van der Waals surface area contributed by atoms with E-state index in [1.54, 1.807) is 49.6 Å². The monoisotopic (exact) mass is 718 g/mol. The molecule has 0 aliphatic carbocycles. The number of H-pyrrole nitrogens is 2. The third-order valence-electron chi connectivity index (χ3n) is 10.8. The third kappa shape index (κ3) is 4.23. The van der Waals surface area contributed by atoms with Crippen LogP contribution in [0, 0.1) is 0 Å². The van der Waals surface area contributed by atoms with Gasteiger partial charge in [0.25, 0.3) is 0 Å². The summed E-state index contributed by atoms with van der Waals surface area (Å²) in [5.74, 6) is 0. The van der Waals surface area contributed by atoms with Gasteiger partial charge in [0.2, 0.25) is 0 Å². The van der Waals surface area contributed by atoms with Gasteiger partial charge in [0.15, 0.2) is 0 Å². The first-order chi connectivity index (χ1) is 27.7. The van der Waals surface area contributed by atoms with E-state index < -0.39 is 0 Å². The molecule has 56 heavy (non-hydrogen) atoms. The number of aromatic amines is 2. The second kappa shape index (κ2) is 10.7. The molecule has 0 fully saturated rings. The van der Waals surface area contributed by atoms with Crippen LogP contribution in [0.15, 0.2) is 122 Å². The van der Waals surface area contributed by atoms with Crippen LogP contribution in [0.4, 0.5) is 0 Å². The number of hydrogen-bond acceptors (Lipinski definition) is 10. The lowest BCUT2D eigenvalue weighted by molar-refractivity contribution is 1.30. The van der Waals surface area contributed by atoms with Crippen LogP contribution in [0.1, 0.15) is 0 Å². The minimum atomic E-state index is 0.792. The van der Waals surface area contributed by atoms with E-state index in [2.05, 4.69) is 123 Å². The van der Waals surface area contributed by atoms with Gasteiger partial charge in [-0.1, -0.05) is 0 Å². The Hall–Kier alpha value is -8.12. The minimum absolute atomic E-state index is 0.792. The van der Waals surface area contributed by atoms with Crippen molar-refractivity contribution >= 4 is 87.7 Å². The van der Waals surface area contributed by atoms with E-state index in [9.17, 15) is 0 Å². The fourth-order valence-electron chi connectivity index (χ4n) is 8.28. The van der Waals surface area contributed by atoms with Gasteiger partial charge >= 0.3 is 0 Å². The predicted molar refractivity (Wildman–Crippen MR) is 217 cm³/mol. The van der Waals surface area contributed by atoms with E-state index in [0.29, 0.717) is 0 Å². The van der Waals surface area contributed by atoms with Crippen molar-refractivity contribution in [2.24, 2.45) is 0 Å². The summed E-state index contributed by atoms with van der Waals surface area (Å²) in [7, 11) is 0. The molecule has 0 spiro atoms. The van der Waals surface area contributed by atoms with Crippen molar-refractivity contribution in [1.82, 2.24) is 59.8 Å². The Bertz CT molecular complexity index is 3260. The Morgan fingerprint density at radius 2 is 0.464 bits per heavy atom. The zero-order valence-corrected chi connectivity index (χ0v) is 29.0. The molecule has 0 radical (unpaired) electrons. The number of hydrogen-bond donors (Lipinski definition) is 2. The highest BCUT2D eigenvalue weighted by Gasteiger charge is 2.22. The first-order valence-corrected chi connectivity index (χ1v) is 18.0. The van der Waals surface area contributed by atoms with E-state index in [0.717, 1.165) is 133 Å². The molecule has 0 saturated carbocycles. The summed E-state index contributed by atoms with van der Waals surface area (Å²) in [6, 6.07) is 25.1. The molecule has 258 valence electrons. The lowest BCUT2D eigenvalue weighted by Gasteiger charge is -2.02. The van der Waals surface area contributed by atoms with Crippen LogP contribution in [0.25, 0.3) is 133 Å². The summed E-state index contributed by atoms with van der Waals surface area (Å²) >= 11 is 0. The Morgan fingerprint density at radius 3 is 0.696 bits per heavy atom. The van der Waals surface area contributed by atoms with Crippen LogP contribution in [0.5, 0.6) is 0 Å². The number of rotatable bonds is 0. The smallest absolute Gasteiger partial charge is 0.0893 e. The Morgan fingerprint density at radius 1 is 0.250 bits per heavy atom. The molecule has 12 heteroatoms. The van der Waals surface area contributed by atoms with Gasteiger partial charge in [-0.25, -0.2) is 9.97 Å². The normalized spacial score (nSPS) is 12.3. The van der Waals surface area contributed by atoms with Gasteiger partial charge in [0.05, 0.1) is 66.9 Å². The van der Waals surface area contributed by atoms with Crippen molar-refractivity contribution in [3.8, 4) is 45.0 Å². The summed E-state index contributed by atoms with van der Waals surface area (Å²) in [6.45, 7) is 0. The van der Waals surface area contributed by atoms with Crippen LogP contribution in [0.2, 0.25) is 0 Å². The Kier molecular flexibility index (Phi) is 5.63. The molecule has 2 N–H and O–H groups in total. The van der Waals surface area contributed by atoms with Crippen molar-refractivity contribution in [3.63, 3.8) is 0 Å². The maximum Gasteiger partial charge on any atom is 0.0893 e.